The van der Waals surface area contributed by atoms with Crippen LogP contribution in [0.2, 0.25) is 0 Å². The van der Waals surface area contributed by atoms with Crippen molar-refractivity contribution < 1.29 is 19.2 Å². The first-order valence-electron chi connectivity index (χ1n) is 8.54. The Morgan fingerprint density at radius 3 is 2.55 bits per heavy atom. The van der Waals surface area contributed by atoms with Gasteiger partial charge in [-0.05, 0) is 30.7 Å². The second-order valence-electron chi connectivity index (χ2n) is 6.22. The van der Waals surface area contributed by atoms with E-state index in [1.165, 1.54) is 38.6 Å². The van der Waals surface area contributed by atoms with E-state index >= 15 is 0 Å². The SMILES string of the molecule is COc1cc(/C=C(/C#N)C(=O)c2c[nH]c3cccc(C)c23)c([N+](=O)[O-])cc1OC. The van der Waals surface area contributed by atoms with Crippen LogP contribution in [-0.4, -0.2) is 29.9 Å². The number of nitrogens with zero attached hydrogens (tertiary/aromatic N) is 2. The Hall–Kier alpha value is -4.12. The van der Waals surface area contributed by atoms with Gasteiger partial charge >= 0.3 is 0 Å². The van der Waals surface area contributed by atoms with Crippen LogP contribution in [-0.2, 0) is 0 Å². The first kappa shape index (κ1) is 19.6. The van der Waals surface area contributed by atoms with Crippen molar-refractivity contribution in [2.24, 2.45) is 0 Å². The molecule has 0 amide bonds. The van der Waals surface area contributed by atoms with E-state index in [0.717, 1.165) is 11.1 Å². The number of H-pyrrole nitrogens is 1. The fourth-order valence-corrected chi connectivity index (χ4v) is 3.15. The molecule has 0 saturated carbocycles. The molecule has 0 saturated heterocycles. The summed E-state index contributed by atoms with van der Waals surface area (Å²) in [6.45, 7) is 1.86. The summed E-state index contributed by atoms with van der Waals surface area (Å²) >= 11 is 0. The van der Waals surface area contributed by atoms with E-state index in [-0.39, 0.29) is 28.3 Å². The number of nitro groups is 1. The summed E-state index contributed by atoms with van der Waals surface area (Å²) in [7, 11) is 2.75. The Bertz CT molecular complexity index is 1200. The maximum absolute atomic E-state index is 13.0. The smallest absolute Gasteiger partial charge is 0.280 e. The van der Waals surface area contributed by atoms with Gasteiger partial charge in [-0.15, -0.1) is 0 Å². The van der Waals surface area contributed by atoms with E-state index in [1.54, 1.807) is 0 Å². The molecule has 0 bridgehead atoms. The average Bonchev–Trinajstić information content (AvgIpc) is 3.16. The number of aromatic nitrogens is 1. The summed E-state index contributed by atoms with van der Waals surface area (Å²) in [5.74, 6) is -0.109. The number of hydrogen-bond donors (Lipinski definition) is 1. The third kappa shape index (κ3) is 3.53. The van der Waals surface area contributed by atoms with Gasteiger partial charge in [0, 0.05) is 22.7 Å². The number of methoxy groups -OCH3 is 2. The second-order valence-corrected chi connectivity index (χ2v) is 6.22. The van der Waals surface area contributed by atoms with Crippen LogP contribution in [0, 0.1) is 28.4 Å². The summed E-state index contributed by atoms with van der Waals surface area (Å²) in [6.07, 6.45) is 2.73. The summed E-state index contributed by atoms with van der Waals surface area (Å²) < 4.78 is 10.3. The number of aryl methyl sites for hydroxylation is 1. The normalized spacial score (nSPS) is 11.2. The Labute approximate surface area is 166 Å². The number of rotatable bonds is 6. The zero-order valence-electron chi connectivity index (χ0n) is 16.0. The molecule has 3 aromatic rings. The van der Waals surface area contributed by atoms with Crippen molar-refractivity contribution in [3.8, 4) is 17.6 Å². The quantitative estimate of drug-likeness (QED) is 0.221. The van der Waals surface area contributed by atoms with Crippen LogP contribution >= 0.6 is 0 Å². The Morgan fingerprint density at radius 2 is 1.93 bits per heavy atom. The van der Waals surface area contributed by atoms with Crippen molar-refractivity contribution in [1.29, 1.82) is 5.26 Å². The van der Waals surface area contributed by atoms with Crippen LogP contribution in [0.25, 0.3) is 17.0 Å². The van der Waals surface area contributed by atoms with E-state index in [4.69, 9.17) is 9.47 Å². The predicted octanol–water partition coefficient (Wildman–Crippen LogP) is 4.19. The van der Waals surface area contributed by atoms with Gasteiger partial charge in [0.1, 0.15) is 11.6 Å². The molecule has 29 heavy (non-hydrogen) atoms. The number of benzene rings is 2. The number of carbonyl (C=O) groups is 1. The fourth-order valence-electron chi connectivity index (χ4n) is 3.15. The minimum atomic E-state index is -0.608. The largest absolute Gasteiger partial charge is 0.493 e. The molecule has 1 aromatic heterocycles. The highest BCUT2D eigenvalue weighted by Crippen LogP contribution is 2.36. The molecule has 8 heteroatoms. The summed E-state index contributed by atoms with van der Waals surface area (Å²) in [5, 5.41) is 21.8. The molecule has 0 radical (unpaired) electrons. The molecule has 0 unspecified atom stereocenters. The third-order valence-corrected chi connectivity index (χ3v) is 4.55. The molecule has 1 heterocycles. The van der Waals surface area contributed by atoms with Gasteiger partial charge in [0.05, 0.1) is 30.8 Å². The summed E-state index contributed by atoms with van der Waals surface area (Å²) in [5.41, 5.74) is 1.50. The lowest BCUT2D eigenvalue weighted by atomic mass is 9.98. The lowest BCUT2D eigenvalue weighted by Crippen LogP contribution is -2.03. The van der Waals surface area contributed by atoms with Gasteiger partial charge in [-0.2, -0.15) is 5.26 Å². The number of nitriles is 1. The number of allylic oxidation sites excluding steroid dienone is 1. The van der Waals surface area contributed by atoms with Gasteiger partial charge in [0.25, 0.3) is 5.69 Å². The van der Waals surface area contributed by atoms with Crippen LogP contribution in [0.1, 0.15) is 21.5 Å². The standard InChI is InChI=1S/C21H17N3O5/c1-12-5-4-6-16-20(12)15(11-23-16)21(25)14(10-22)7-13-8-18(28-2)19(29-3)9-17(13)24(26)27/h4-9,11,23H,1-3H3/b14-7-. The van der Waals surface area contributed by atoms with Gasteiger partial charge < -0.3 is 14.5 Å². The number of Topliss-reactive ketones (excluding diaryl/α,β-unsaturated/α-hetero) is 1. The minimum Gasteiger partial charge on any atom is -0.493 e. The molecule has 0 aliphatic carbocycles. The van der Waals surface area contributed by atoms with Crippen LogP contribution in [0.5, 0.6) is 11.5 Å². The van der Waals surface area contributed by atoms with Gasteiger partial charge in [0.15, 0.2) is 11.5 Å². The molecular formula is C21H17N3O5. The van der Waals surface area contributed by atoms with Crippen molar-refractivity contribution in [2.75, 3.05) is 14.2 Å². The van der Waals surface area contributed by atoms with Gasteiger partial charge in [-0.3, -0.25) is 14.9 Å². The second kappa shape index (κ2) is 7.86. The molecule has 8 nitrogen and oxygen atoms in total. The first-order chi connectivity index (χ1) is 13.9. The molecular weight excluding hydrogens is 374 g/mol. The van der Waals surface area contributed by atoms with Gasteiger partial charge in [-0.25, -0.2) is 0 Å². The number of carbonyl (C=O) groups excluding carboxylic acids is 1. The molecule has 1 N–H and O–H groups in total. The van der Waals surface area contributed by atoms with Crippen molar-refractivity contribution in [2.45, 2.75) is 6.92 Å². The molecule has 2 aromatic carbocycles. The highest BCUT2D eigenvalue weighted by molar-refractivity contribution is 6.20. The molecule has 0 spiro atoms. The van der Waals surface area contributed by atoms with E-state index in [0.29, 0.717) is 10.9 Å². The molecule has 3 rings (SSSR count). The monoisotopic (exact) mass is 391 g/mol. The maximum atomic E-state index is 13.0. The van der Waals surface area contributed by atoms with Crippen LogP contribution < -0.4 is 9.47 Å². The molecule has 0 fully saturated rings. The van der Waals surface area contributed by atoms with E-state index in [9.17, 15) is 20.2 Å². The highest BCUT2D eigenvalue weighted by atomic mass is 16.6. The van der Waals surface area contributed by atoms with Crippen molar-refractivity contribution in [3.63, 3.8) is 0 Å². The van der Waals surface area contributed by atoms with Crippen molar-refractivity contribution in [3.05, 3.63) is 68.9 Å². The number of fused-ring (bicyclic) bond motifs is 1. The number of nitro benzene ring substituents is 1. The topological polar surface area (TPSA) is 118 Å². The van der Waals surface area contributed by atoms with Gasteiger partial charge in [0.2, 0.25) is 5.78 Å². The summed E-state index contributed by atoms with van der Waals surface area (Å²) in [4.78, 5) is 26.9. The average molecular weight is 391 g/mol. The Balaban J connectivity index is 2.16. The van der Waals surface area contributed by atoms with Crippen LogP contribution in [0.3, 0.4) is 0 Å². The Kier molecular flexibility index (Phi) is 5.32. The van der Waals surface area contributed by atoms with E-state index in [2.05, 4.69) is 4.98 Å². The Morgan fingerprint density at radius 1 is 1.24 bits per heavy atom. The number of ether oxygens (including phenoxy) is 2. The highest BCUT2D eigenvalue weighted by Gasteiger charge is 2.22. The predicted molar refractivity (Wildman–Crippen MR) is 107 cm³/mol. The number of aromatic amines is 1. The zero-order chi connectivity index (χ0) is 21.1. The van der Waals surface area contributed by atoms with Crippen molar-refractivity contribution >= 4 is 28.4 Å². The van der Waals surface area contributed by atoms with Crippen molar-refractivity contribution in [1.82, 2.24) is 4.98 Å². The number of hydrogen-bond acceptors (Lipinski definition) is 6. The molecule has 146 valence electrons. The molecule has 0 aliphatic rings. The maximum Gasteiger partial charge on any atom is 0.280 e. The van der Waals surface area contributed by atoms with Crippen LogP contribution in [0.15, 0.2) is 42.1 Å². The third-order valence-electron chi connectivity index (χ3n) is 4.55. The minimum absolute atomic E-state index is 0.0640. The summed E-state index contributed by atoms with van der Waals surface area (Å²) in [6, 6.07) is 9.96. The lowest BCUT2D eigenvalue weighted by molar-refractivity contribution is -0.385. The number of nitrogens with one attached hydrogen (secondary N) is 1. The molecule has 0 atom stereocenters. The lowest BCUT2D eigenvalue weighted by Gasteiger charge is -2.09. The van der Waals surface area contributed by atoms with Gasteiger partial charge in [-0.1, -0.05) is 12.1 Å². The van der Waals surface area contributed by atoms with Crippen LogP contribution in [0.4, 0.5) is 5.69 Å². The number of ketones is 1. The zero-order valence-corrected chi connectivity index (χ0v) is 16.0. The van der Waals surface area contributed by atoms with E-state index < -0.39 is 10.7 Å². The fraction of sp³-hybridized carbons (Fsp3) is 0.143. The van der Waals surface area contributed by atoms with E-state index in [1.807, 2.05) is 31.2 Å². The molecule has 0 aliphatic heterocycles. The first-order valence-corrected chi connectivity index (χ1v) is 8.54.